The van der Waals surface area contributed by atoms with Crippen LogP contribution in [-0.4, -0.2) is 258 Å². The summed E-state index contributed by atoms with van der Waals surface area (Å²) < 4.78 is 40.2. The predicted octanol–water partition coefficient (Wildman–Crippen LogP) is 6.26. The van der Waals surface area contributed by atoms with Gasteiger partial charge in [0.25, 0.3) is 0 Å². The number of amides is 12. The van der Waals surface area contributed by atoms with Gasteiger partial charge in [0.2, 0.25) is 53.2 Å². The monoisotopic (exact) mass is 1660 g/mol. The Morgan fingerprint density at radius 1 is 0.605 bits per heavy atom. The Morgan fingerprint density at radius 3 is 1.85 bits per heavy atom. The summed E-state index contributed by atoms with van der Waals surface area (Å²) >= 11 is 0. The molecule has 12 amide bonds. The number of likely N-dealkylation sites (tertiary alicyclic amines) is 1. The number of nitrogens with one attached hydrogen (secondary N) is 7. The lowest BCUT2D eigenvalue weighted by molar-refractivity contribution is -0.148. The Morgan fingerprint density at radius 2 is 1.23 bits per heavy atom. The lowest BCUT2D eigenvalue weighted by Crippen LogP contribution is -2.60. The molecule has 1 saturated heterocycles. The van der Waals surface area contributed by atoms with Crippen molar-refractivity contribution < 1.29 is 91.0 Å². The van der Waals surface area contributed by atoms with Crippen molar-refractivity contribution >= 4 is 71.0 Å². The number of allylic oxidation sites excluding steroid dienone is 5. The number of benzene rings is 2. The van der Waals surface area contributed by atoms with E-state index >= 15 is 0 Å². The lowest BCUT2D eigenvalue weighted by atomic mass is 9.83. The number of nitrogens with two attached hydrogens (primary N) is 1. The van der Waals surface area contributed by atoms with E-state index in [9.17, 15) is 57.8 Å². The normalized spacial score (nSPS) is 19.4. The van der Waals surface area contributed by atoms with Gasteiger partial charge in [0.1, 0.15) is 30.8 Å². The highest BCUT2D eigenvalue weighted by atomic mass is 16.6. The second kappa shape index (κ2) is 51.2. The SMILES string of the molecule is CC[C@H](C)[C@@H]([C@@H](CC(=O)N1CCC[C@H]1[C@H](OC)[C@@H](C)C(=O)N[C@H](C)[C@@H](O)c1ccccc1)OC)N(C)C(=O)[C@@H](NC(=O)[C@H](C(C)C)N(C)C(=O)OCc1ccc(NC(=O)[C@H](CCCNC(N)=O)NC(=O)[C@@H](NC(=O)CCOCCOCCOCCOCCNC(=O)CCC(=O)N2CC3C=CC=CC3C#CC3C=CC=CC32)C(C)C)cc1)C(C)C. The van der Waals surface area contributed by atoms with Gasteiger partial charge in [-0.25, -0.2) is 9.59 Å². The fraction of sp³-hybridized carbons (Fsp3) is 0.625. The van der Waals surface area contributed by atoms with Crippen LogP contribution in [0.25, 0.3) is 0 Å². The first kappa shape index (κ1) is 98.3. The second-order valence-corrected chi connectivity index (χ2v) is 31.9. The molecule has 0 saturated carbocycles. The summed E-state index contributed by atoms with van der Waals surface area (Å²) in [5, 5.41) is 30.5. The van der Waals surface area contributed by atoms with Crippen molar-refractivity contribution in [1.82, 2.24) is 51.5 Å². The Labute approximate surface area is 702 Å². The summed E-state index contributed by atoms with van der Waals surface area (Å²) in [7, 11) is 6.08. The predicted molar refractivity (Wildman–Crippen MR) is 450 cm³/mol. The number of aliphatic hydroxyl groups is 1. The van der Waals surface area contributed by atoms with Gasteiger partial charge in [0, 0.05) is 91.3 Å². The van der Waals surface area contributed by atoms with Gasteiger partial charge < -0.3 is 95.9 Å². The van der Waals surface area contributed by atoms with Crippen molar-refractivity contribution in [2.24, 2.45) is 53.1 Å². The van der Waals surface area contributed by atoms with E-state index in [2.05, 4.69) is 61.2 Å². The van der Waals surface area contributed by atoms with E-state index in [-0.39, 0.29) is 145 Å². The van der Waals surface area contributed by atoms with Crippen LogP contribution < -0.4 is 43.0 Å². The topological polar surface area (TPSA) is 396 Å². The molecule has 4 aliphatic rings. The molecule has 0 bridgehead atoms. The molecule has 2 aromatic carbocycles. The number of carbonyl (C=O) groups excluding carboxylic acids is 11. The van der Waals surface area contributed by atoms with Crippen LogP contribution in [0.5, 0.6) is 0 Å². The van der Waals surface area contributed by atoms with E-state index in [1.165, 1.54) is 26.2 Å². The molecule has 10 N–H and O–H groups in total. The number of hydrogen-bond acceptors (Lipinski definition) is 19. The second-order valence-electron chi connectivity index (χ2n) is 31.9. The van der Waals surface area contributed by atoms with Gasteiger partial charge in [-0.05, 0) is 79.5 Å². The number of nitrogens with zero attached hydrogens (tertiary/aromatic N) is 4. The van der Waals surface area contributed by atoms with E-state index in [0.717, 1.165) is 0 Å². The van der Waals surface area contributed by atoms with Gasteiger partial charge in [-0.2, -0.15) is 0 Å². The highest BCUT2D eigenvalue weighted by molar-refractivity contribution is 5.98. The van der Waals surface area contributed by atoms with Crippen molar-refractivity contribution in [3.8, 4) is 11.8 Å². The highest BCUT2D eigenvalue weighted by Crippen LogP contribution is 2.32. The zero-order chi connectivity index (χ0) is 87.3. The molecule has 31 nitrogen and oxygen atoms in total. The minimum absolute atomic E-state index is 0.0359. The van der Waals surface area contributed by atoms with Crippen molar-refractivity contribution in [3.63, 3.8) is 0 Å². The number of urea groups is 1. The molecule has 16 atom stereocenters. The number of methoxy groups -OCH3 is 2. The molecular weight excluding hydrogens is 1530 g/mol. The van der Waals surface area contributed by atoms with Gasteiger partial charge in [-0.1, -0.05) is 172 Å². The van der Waals surface area contributed by atoms with E-state index < -0.39 is 126 Å². The maximum absolute atomic E-state index is 14.9. The maximum atomic E-state index is 14.9. The molecule has 119 heavy (non-hydrogen) atoms. The Bertz CT molecular complexity index is 3790. The van der Waals surface area contributed by atoms with Gasteiger partial charge >= 0.3 is 12.1 Å². The number of likely N-dealkylation sites (N-methyl/N-ethyl adjacent to an activating group) is 2. The van der Waals surface area contributed by atoms with E-state index in [1.54, 1.807) is 109 Å². The van der Waals surface area contributed by atoms with Crippen LogP contribution in [0.4, 0.5) is 15.3 Å². The average Bonchev–Trinajstić information content (AvgIpc) is 1.43. The quantitative estimate of drug-likeness (QED) is 0.0261. The number of rotatable bonds is 50. The molecule has 2 aliphatic heterocycles. The van der Waals surface area contributed by atoms with Crippen LogP contribution in [-0.2, 0) is 82.9 Å². The summed E-state index contributed by atoms with van der Waals surface area (Å²) in [6, 6.07) is 8.47. The molecule has 2 aromatic rings. The Balaban J connectivity index is 0.898. The first-order valence-electron chi connectivity index (χ1n) is 41.9. The maximum Gasteiger partial charge on any atom is 0.410 e. The van der Waals surface area contributed by atoms with Crippen LogP contribution in [0.1, 0.15) is 144 Å². The standard InChI is InChI=1S/C88H132N12O19/c1-15-59(8)79(71(113-13)53-75(104)99-44-24-32-70(99)81(114-14)60(9)82(106)92-61(10)80(105)65-27-17-16-18-28-65)97(11)86(110)77(57(4)5)96-85(109)78(58(6)7)98(12)88(112)119-55-62-33-37-67(38-34-62)93-83(107)68(30-23-42-91-87(89)111)94-84(108)76(56(2)3)95-73(102)41-45-115-47-49-117-51-52-118-50-48-116-46-43-90-72(101)39-40-74(103)100-54-66-29-20-19-25-63(66)35-36-64-26-21-22-31-69(64)100/h16-22,25-29,31,33-34,37-38,56-61,63-64,66,68-71,76-81,105H,15,23-24,30,32,39-55H2,1-14H3,(H,90,101)(H,92,106)(H,93,107)(H,94,108)(H,95,102)(H,96,109)(H3,89,91,111)/t59-,60+,61+,63?,64?,66?,68-,69?,70-,71+,76-,77-,78-,79-,80+,81+/m0/s1. The Hall–Kier alpha value is -9.55. The van der Waals surface area contributed by atoms with Crippen LogP contribution in [0.15, 0.2) is 103 Å². The van der Waals surface area contributed by atoms with Gasteiger partial charge in [-0.15, -0.1) is 0 Å². The first-order valence-corrected chi connectivity index (χ1v) is 41.9. The van der Waals surface area contributed by atoms with Crippen molar-refractivity contribution in [3.05, 3.63) is 114 Å². The molecule has 0 spiro atoms. The van der Waals surface area contributed by atoms with Gasteiger partial charge in [0.15, 0.2) is 0 Å². The Kier molecular flexibility index (Phi) is 42.2. The highest BCUT2D eigenvalue weighted by Gasteiger charge is 2.45. The van der Waals surface area contributed by atoms with Gasteiger partial charge in [0.05, 0.1) is 114 Å². The summed E-state index contributed by atoms with van der Waals surface area (Å²) in [6.07, 6.45) is 15.0. The molecule has 2 aliphatic carbocycles. The van der Waals surface area contributed by atoms with Crippen LogP contribution in [0.2, 0.25) is 0 Å². The number of anilines is 1. The molecule has 658 valence electrons. The molecule has 1 fully saturated rings. The minimum atomic E-state index is -1.13. The number of carbonyl (C=O) groups is 11. The van der Waals surface area contributed by atoms with E-state index in [4.69, 9.17) is 38.9 Å². The smallest absolute Gasteiger partial charge is 0.410 e. The van der Waals surface area contributed by atoms with Crippen LogP contribution in [0.3, 0.4) is 0 Å². The van der Waals surface area contributed by atoms with E-state index in [0.29, 0.717) is 69.0 Å². The summed E-state index contributed by atoms with van der Waals surface area (Å²) in [5.74, 6) is 1.00. The molecule has 6 rings (SSSR count). The van der Waals surface area contributed by atoms with Crippen molar-refractivity contribution in [2.75, 3.05) is 113 Å². The van der Waals surface area contributed by atoms with Crippen LogP contribution in [0, 0.1) is 59.2 Å². The summed E-state index contributed by atoms with van der Waals surface area (Å²) in [5.41, 5.74) is 6.80. The zero-order valence-electron chi connectivity index (χ0n) is 72.0. The zero-order valence-corrected chi connectivity index (χ0v) is 72.0. The fourth-order valence-corrected chi connectivity index (χ4v) is 15.1. The first-order chi connectivity index (χ1) is 56.9. The molecule has 4 unspecified atom stereocenters. The third-order valence-corrected chi connectivity index (χ3v) is 22.1. The number of aliphatic hydroxyl groups excluding tert-OH is 1. The van der Waals surface area contributed by atoms with Crippen LogP contribution >= 0.6 is 0 Å². The number of ether oxygens (including phenoxy) is 7. The number of primary amides is 1. The molecule has 31 heteroatoms. The lowest BCUT2D eigenvalue weighted by Gasteiger charge is -2.41. The summed E-state index contributed by atoms with van der Waals surface area (Å²) in [6.45, 7) is 21.1. The number of hydrogen-bond donors (Lipinski definition) is 9. The number of fused-ring (bicyclic) bond motifs is 2. The van der Waals surface area contributed by atoms with Gasteiger partial charge in [-0.3, -0.25) is 48.1 Å². The van der Waals surface area contributed by atoms with E-state index in [1.807, 2.05) is 73.4 Å². The van der Waals surface area contributed by atoms with Crippen molar-refractivity contribution in [1.29, 1.82) is 0 Å². The minimum Gasteiger partial charge on any atom is -0.445 e. The third-order valence-electron chi connectivity index (χ3n) is 22.1. The third kappa shape index (κ3) is 31.2. The fourth-order valence-electron chi connectivity index (χ4n) is 15.1. The summed E-state index contributed by atoms with van der Waals surface area (Å²) in [4.78, 5) is 157. The molecule has 0 radical (unpaired) electrons. The molecule has 0 aromatic heterocycles. The molecular formula is C88H132N12O19. The average molecular weight is 1660 g/mol. The largest absolute Gasteiger partial charge is 0.445 e. The van der Waals surface area contributed by atoms with Crippen molar-refractivity contribution in [2.45, 2.75) is 200 Å². The molecule has 2 heterocycles.